The predicted octanol–water partition coefficient (Wildman–Crippen LogP) is 11.5. The van der Waals surface area contributed by atoms with Crippen LogP contribution in [-0.2, 0) is 13.1 Å². The van der Waals surface area contributed by atoms with Crippen LogP contribution in [0.4, 0.5) is 0 Å². The van der Waals surface area contributed by atoms with Crippen molar-refractivity contribution in [2.75, 3.05) is 26.2 Å². The van der Waals surface area contributed by atoms with Crippen molar-refractivity contribution in [3.8, 4) is 22.5 Å². The van der Waals surface area contributed by atoms with Gasteiger partial charge in [-0.3, -0.25) is 18.6 Å². The van der Waals surface area contributed by atoms with Gasteiger partial charge in [-0.1, -0.05) is 83.8 Å². The first kappa shape index (κ1) is 39.7. The van der Waals surface area contributed by atoms with E-state index >= 15 is 0 Å². The summed E-state index contributed by atoms with van der Waals surface area (Å²) in [4.78, 5) is 24.7. The Morgan fingerprint density at radius 2 is 0.839 bits per heavy atom. The molecule has 6 aromatic heterocycles. The summed E-state index contributed by atoms with van der Waals surface area (Å²) in [5, 5.41) is 2.36. The second-order valence-corrected chi connectivity index (χ2v) is 16.3. The predicted molar refractivity (Wildman–Crippen MR) is 239 cm³/mol. The van der Waals surface area contributed by atoms with Crippen LogP contribution < -0.4 is 0 Å². The molecule has 0 atom stereocenters. The van der Waals surface area contributed by atoms with Crippen molar-refractivity contribution in [3.63, 3.8) is 0 Å². The third-order valence-corrected chi connectivity index (χ3v) is 11.8. The molecule has 8 rings (SSSR count). The van der Waals surface area contributed by atoms with Crippen LogP contribution in [0.5, 0.6) is 0 Å². The van der Waals surface area contributed by atoms with Gasteiger partial charge < -0.3 is 0 Å². The summed E-state index contributed by atoms with van der Waals surface area (Å²) in [6.45, 7) is 22.9. The molecule has 0 amide bonds. The van der Waals surface area contributed by atoms with Crippen LogP contribution in [-0.4, -0.2) is 64.7 Å². The Kier molecular flexibility index (Phi) is 12.0. The fourth-order valence-corrected chi connectivity index (χ4v) is 8.18. The summed E-state index contributed by atoms with van der Waals surface area (Å²) in [6.07, 6.45) is 0. The lowest BCUT2D eigenvalue weighted by Crippen LogP contribution is -2.23. The molecule has 0 aliphatic carbocycles. The maximum absolute atomic E-state index is 5.02. The zero-order valence-corrected chi connectivity index (χ0v) is 36.8. The van der Waals surface area contributed by atoms with Gasteiger partial charge in [0.2, 0.25) is 0 Å². The van der Waals surface area contributed by atoms with Gasteiger partial charge in [0.25, 0.3) is 0 Å². The van der Waals surface area contributed by atoms with Gasteiger partial charge in [0.1, 0.15) is 22.6 Å². The van der Waals surface area contributed by atoms with Gasteiger partial charge in [-0.15, -0.1) is 0 Å². The first-order valence-corrected chi connectivity index (χ1v) is 21.1. The monoisotopic (exact) mass is 872 g/mol. The summed E-state index contributed by atoms with van der Waals surface area (Å²) < 4.78 is 6.66. The van der Waals surface area contributed by atoms with E-state index in [2.05, 4.69) is 191 Å². The molecule has 10 heteroatoms. The lowest BCUT2D eigenvalue weighted by molar-refractivity contribution is 0.292. The average molecular weight is 875 g/mol. The lowest BCUT2D eigenvalue weighted by Gasteiger charge is -2.19. The molecule has 0 unspecified atom stereocenters. The highest BCUT2D eigenvalue weighted by Crippen LogP contribution is 2.32. The van der Waals surface area contributed by atoms with Gasteiger partial charge in [-0.05, 0) is 126 Å². The number of fused-ring (bicyclic) bond motifs is 6. The Morgan fingerprint density at radius 1 is 0.482 bits per heavy atom. The zero-order valence-electron chi connectivity index (χ0n) is 33.7. The largest absolute Gasteiger partial charge is 0.298 e. The van der Waals surface area contributed by atoms with Crippen LogP contribution in [0.2, 0.25) is 0 Å². The molecule has 2 aromatic carbocycles. The number of pyridine rings is 4. The smallest absolute Gasteiger partial charge is 0.146 e. The number of hydrogen-bond acceptors (Lipinski definition) is 6. The van der Waals surface area contributed by atoms with E-state index in [9.17, 15) is 0 Å². The van der Waals surface area contributed by atoms with Crippen molar-refractivity contribution >= 4 is 65.2 Å². The van der Waals surface area contributed by atoms with E-state index in [1.54, 1.807) is 0 Å². The molecule has 0 N–H and O–H groups in total. The van der Waals surface area contributed by atoms with Crippen LogP contribution in [0.25, 0.3) is 55.9 Å². The Hall–Kier alpha value is -4.48. The third kappa shape index (κ3) is 7.89. The molecule has 0 aliphatic rings. The van der Waals surface area contributed by atoms with Gasteiger partial charge >= 0.3 is 0 Å². The number of aromatic nitrogens is 6. The molecule has 0 radical (unpaired) electrons. The Labute approximate surface area is 346 Å². The summed E-state index contributed by atoms with van der Waals surface area (Å²) >= 11 is 7.08. The standard InChI is InChI=1S/2C23H25BrN4/c2*1-5-27(6-2)14-20-22(17-7-9-18(24)10-8-17)26-21-12-11-19-15(3)13-16(4)25-23(19)28(20)21/h2*7-13H,5-6,14H2,1-4H3. The number of hydrogen-bond donors (Lipinski definition) is 0. The quantitative estimate of drug-likeness (QED) is 0.136. The van der Waals surface area contributed by atoms with Crippen LogP contribution in [0.15, 0.2) is 93.9 Å². The maximum atomic E-state index is 5.02. The number of benzene rings is 2. The second kappa shape index (κ2) is 16.9. The molecular weight excluding hydrogens is 824 g/mol. The molecule has 288 valence electrons. The molecule has 0 bridgehead atoms. The second-order valence-electron chi connectivity index (χ2n) is 14.4. The highest BCUT2D eigenvalue weighted by molar-refractivity contribution is 9.10. The van der Waals surface area contributed by atoms with Crippen molar-refractivity contribution in [2.24, 2.45) is 0 Å². The molecule has 0 fully saturated rings. The molecular formula is C46H50Br2N8. The number of imidazole rings is 2. The molecule has 56 heavy (non-hydrogen) atoms. The summed E-state index contributed by atoms with van der Waals surface area (Å²) in [5.41, 5.74) is 15.2. The summed E-state index contributed by atoms with van der Waals surface area (Å²) in [5.74, 6) is 0. The Balaban J connectivity index is 0.000000172. The molecule has 6 heterocycles. The minimum absolute atomic E-state index is 0.841. The van der Waals surface area contributed by atoms with E-state index in [0.29, 0.717) is 0 Å². The van der Waals surface area contributed by atoms with Crippen molar-refractivity contribution in [1.29, 1.82) is 0 Å². The Bertz CT molecular complexity index is 2470. The lowest BCUT2D eigenvalue weighted by atomic mass is 10.1. The minimum atomic E-state index is 0.841. The molecule has 0 spiro atoms. The van der Waals surface area contributed by atoms with Gasteiger partial charge in [-0.2, -0.15) is 0 Å². The van der Waals surface area contributed by atoms with Gasteiger partial charge in [0.15, 0.2) is 0 Å². The van der Waals surface area contributed by atoms with E-state index in [1.807, 2.05) is 0 Å². The van der Waals surface area contributed by atoms with E-state index in [-0.39, 0.29) is 0 Å². The molecule has 8 aromatic rings. The minimum Gasteiger partial charge on any atom is -0.298 e. The van der Waals surface area contributed by atoms with Gasteiger partial charge in [-0.25, -0.2) is 19.9 Å². The molecule has 0 aliphatic heterocycles. The number of aryl methyl sites for hydroxylation is 4. The van der Waals surface area contributed by atoms with Crippen molar-refractivity contribution in [1.82, 2.24) is 38.5 Å². The highest BCUT2D eigenvalue weighted by atomic mass is 79.9. The van der Waals surface area contributed by atoms with Crippen LogP contribution >= 0.6 is 31.9 Å². The third-order valence-electron chi connectivity index (χ3n) is 10.7. The van der Waals surface area contributed by atoms with Crippen molar-refractivity contribution in [3.05, 3.63) is 128 Å². The normalized spacial score (nSPS) is 11.8. The van der Waals surface area contributed by atoms with Crippen molar-refractivity contribution in [2.45, 2.75) is 68.5 Å². The van der Waals surface area contributed by atoms with Crippen molar-refractivity contribution < 1.29 is 0 Å². The fourth-order valence-electron chi connectivity index (χ4n) is 7.65. The van der Waals surface area contributed by atoms with Gasteiger partial charge in [0, 0.05) is 55.3 Å². The topological polar surface area (TPSA) is 66.9 Å². The summed E-state index contributed by atoms with van der Waals surface area (Å²) in [6, 6.07) is 29.6. The van der Waals surface area contributed by atoms with E-state index < -0.39 is 0 Å². The molecule has 8 nitrogen and oxygen atoms in total. The maximum Gasteiger partial charge on any atom is 0.146 e. The number of rotatable bonds is 10. The van der Waals surface area contributed by atoms with Crippen LogP contribution in [0.3, 0.4) is 0 Å². The first-order chi connectivity index (χ1) is 27.0. The summed E-state index contributed by atoms with van der Waals surface area (Å²) in [7, 11) is 0. The SMILES string of the molecule is CCN(CC)Cc1c(-c2ccc(Br)cc2)nc2ccc3c(C)cc(C)nc3n12.CCN(CC)Cc1c(-c2ccc(Br)cc2)nc2ccc3c(C)cc(C)nc3n12. The highest BCUT2D eigenvalue weighted by Gasteiger charge is 2.21. The molecule has 0 saturated carbocycles. The number of nitrogens with zero attached hydrogens (tertiary/aromatic N) is 8. The van der Waals surface area contributed by atoms with Crippen LogP contribution in [0, 0.1) is 27.7 Å². The van der Waals surface area contributed by atoms with Gasteiger partial charge in [0.05, 0.1) is 22.8 Å². The average Bonchev–Trinajstić information content (AvgIpc) is 3.75. The van der Waals surface area contributed by atoms with E-state index in [1.165, 1.54) is 33.3 Å². The number of halogens is 2. The molecule has 0 saturated heterocycles. The Morgan fingerprint density at radius 3 is 1.18 bits per heavy atom. The van der Waals surface area contributed by atoms with E-state index in [4.69, 9.17) is 19.9 Å². The fraction of sp³-hybridized carbons (Fsp3) is 0.304. The van der Waals surface area contributed by atoms with E-state index in [0.717, 1.165) is 105 Å². The zero-order chi connectivity index (χ0) is 39.7. The first-order valence-electron chi connectivity index (χ1n) is 19.6. The van der Waals surface area contributed by atoms with Crippen LogP contribution in [0.1, 0.15) is 61.6 Å².